The summed E-state index contributed by atoms with van der Waals surface area (Å²) in [6, 6.07) is 12.3. The Morgan fingerprint density at radius 3 is 2.55 bits per heavy atom. The second-order valence-electron chi connectivity index (χ2n) is 6.72. The first kappa shape index (κ1) is 22.1. The van der Waals surface area contributed by atoms with Crippen LogP contribution in [-0.4, -0.2) is 55.5 Å². The lowest BCUT2D eigenvalue weighted by atomic mass is 10.2. The Kier molecular flexibility index (Phi) is 7.56. The Bertz CT molecular complexity index is 954. The van der Waals surface area contributed by atoms with Crippen LogP contribution in [-0.2, 0) is 20.6 Å². The predicted molar refractivity (Wildman–Crippen MR) is 114 cm³/mol. The standard InChI is InChI=1S/C20H22ClFN2O3S2/c21-17-4-1-3-16(13-17)14-28-15-20(25)23-9-2-10-24(12-11-23)29(26,27)19-7-5-18(22)6-8-19/h1,3-8,13H,2,9-12,14-15H2. The highest BCUT2D eigenvalue weighted by Crippen LogP contribution is 2.20. The number of halogens is 2. The summed E-state index contributed by atoms with van der Waals surface area (Å²) < 4.78 is 40.0. The van der Waals surface area contributed by atoms with Gasteiger partial charge in [-0.05, 0) is 48.4 Å². The molecule has 1 heterocycles. The quantitative estimate of drug-likeness (QED) is 0.666. The molecule has 0 aromatic heterocycles. The van der Waals surface area contributed by atoms with E-state index in [2.05, 4.69) is 0 Å². The van der Waals surface area contributed by atoms with E-state index in [9.17, 15) is 17.6 Å². The summed E-state index contributed by atoms with van der Waals surface area (Å²) in [5.74, 6) is 0.535. The number of amides is 1. The normalized spacial score (nSPS) is 15.9. The molecule has 1 amide bonds. The highest BCUT2D eigenvalue weighted by Gasteiger charge is 2.28. The van der Waals surface area contributed by atoms with Crippen LogP contribution in [0.3, 0.4) is 0 Å². The Morgan fingerprint density at radius 2 is 1.83 bits per heavy atom. The van der Waals surface area contributed by atoms with E-state index in [0.717, 1.165) is 17.7 Å². The van der Waals surface area contributed by atoms with Crippen LogP contribution in [0.15, 0.2) is 53.4 Å². The second kappa shape index (κ2) is 9.93. The maximum atomic E-state index is 13.1. The summed E-state index contributed by atoms with van der Waals surface area (Å²) in [6.07, 6.45) is 0.561. The van der Waals surface area contributed by atoms with Crippen molar-refractivity contribution in [2.75, 3.05) is 31.9 Å². The fourth-order valence-corrected chi connectivity index (χ4v) is 5.67. The Hall–Kier alpha value is -1.61. The van der Waals surface area contributed by atoms with Crippen LogP contribution >= 0.6 is 23.4 Å². The fraction of sp³-hybridized carbons (Fsp3) is 0.350. The van der Waals surface area contributed by atoms with Crippen LogP contribution in [0.25, 0.3) is 0 Å². The molecule has 0 bridgehead atoms. The minimum atomic E-state index is -3.70. The van der Waals surface area contributed by atoms with Crippen molar-refractivity contribution < 1.29 is 17.6 Å². The van der Waals surface area contributed by atoms with Gasteiger partial charge >= 0.3 is 0 Å². The number of rotatable bonds is 6. The van der Waals surface area contributed by atoms with Crippen molar-refractivity contribution in [3.63, 3.8) is 0 Å². The lowest BCUT2D eigenvalue weighted by Crippen LogP contribution is -2.38. The van der Waals surface area contributed by atoms with Gasteiger partial charge < -0.3 is 4.90 Å². The lowest BCUT2D eigenvalue weighted by Gasteiger charge is -2.22. The van der Waals surface area contributed by atoms with E-state index in [1.165, 1.54) is 28.2 Å². The van der Waals surface area contributed by atoms with Gasteiger partial charge in [-0.15, -0.1) is 11.8 Å². The highest BCUT2D eigenvalue weighted by molar-refractivity contribution is 7.99. The van der Waals surface area contributed by atoms with E-state index in [0.29, 0.717) is 42.6 Å². The number of carbonyl (C=O) groups is 1. The van der Waals surface area contributed by atoms with Crippen LogP contribution in [0.1, 0.15) is 12.0 Å². The van der Waals surface area contributed by atoms with Crippen LogP contribution in [0, 0.1) is 5.82 Å². The van der Waals surface area contributed by atoms with Crippen molar-refractivity contribution in [1.82, 2.24) is 9.21 Å². The zero-order valence-electron chi connectivity index (χ0n) is 15.8. The summed E-state index contributed by atoms with van der Waals surface area (Å²) in [5.41, 5.74) is 1.06. The highest BCUT2D eigenvalue weighted by atomic mass is 35.5. The molecule has 0 spiro atoms. The van der Waals surface area contributed by atoms with Gasteiger partial charge in [0.05, 0.1) is 10.6 Å². The summed E-state index contributed by atoms with van der Waals surface area (Å²) >= 11 is 7.48. The molecule has 0 N–H and O–H groups in total. The number of hydrogen-bond acceptors (Lipinski definition) is 4. The molecule has 3 rings (SSSR count). The smallest absolute Gasteiger partial charge is 0.243 e. The zero-order chi connectivity index (χ0) is 20.9. The number of hydrogen-bond donors (Lipinski definition) is 0. The fourth-order valence-electron chi connectivity index (χ4n) is 3.11. The number of thioether (sulfide) groups is 1. The molecule has 1 saturated heterocycles. The Labute approximate surface area is 179 Å². The van der Waals surface area contributed by atoms with Gasteiger partial charge in [0.25, 0.3) is 0 Å². The van der Waals surface area contributed by atoms with Crippen LogP contribution in [0.4, 0.5) is 4.39 Å². The third-order valence-electron chi connectivity index (χ3n) is 4.64. The van der Waals surface area contributed by atoms with Gasteiger partial charge in [0.1, 0.15) is 5.82 Å². The van der Waals surface area contributed by atoms with Crippen LogP contribution in [0.2, 0.25) is 5.02 Å². The summed E-state index contributed by atoms with van der Waals surface area (Å²) in [4.78, 5) is 14.3. The molecule has 29 heavy (non-hydrogen) atoms. The summed E-state index contributed by atoms with van der Waals surface area (Å²) in [5, 5.41) is 0.671. The molecule has 2 aromatic rings. The lowest BCUT2D eigenvalue weighted by molar-refractivity contribution is -0.128. The van der Waals surface area contributed by atoms with Gasteiger partial charge in [-0.25, -0.2) is 12.8 Å². The Morgan fingerprint density at radius 1 is 1.07 bits per heavy atom. The van der Waals surface area contributed by atoms with Crippen molar-refractivity contribution in [1.29, 1.82) is 0 Å². The number of nitrogens with zero attached hydrogens (tertiary/aromatic N) is 2. The molecular formula is C20H22ClFN2O3S2. The molecular weight excluding hydrogens is 435 g/mol. The monoisotopic (exact) mass is 456 g/mol. The molecule has 0 atom stereocenters. The largest absolute Gasteiger partial charge is 0.341 e. The molecule has 1 aliphatic heterocycles. The second-order valence-corrected chi connectivity index (χ2v) is 10.1. The zero-order valence-corrected chi connectivity index (χ0v) is 18.1. The number of sulfonamides is 1. The maximum Gasteiger partial charge on any atom is 0.243 e. The number of benzene rings is 2. The van der Waals surface area contributed by atoms with E-state index in [1.807, 2.05) is 24.3 Å². The third kappa shape index (κ3) is 5.94. The number of carbonyl (C=O) groups excluding carboxylic acids is 1. The van der Waals surface area contributed by atoms with E-state index >= 15 is 0 Å². The van der Waals surface area contributed by atoms with Crippen molar-refractivity contribution in [2.45, 2.75) is 17.1 Å². The van der Waals surface area contributed by atoms with E-state index in [1.54, 1.807) is 4.90 Å². The van der Waals surface area contributed by atoms with Crippen molar-refractivity contribution in [3.05, 3.63) is 64.9 Å². The van der Waals surface area contributed by atoms with Crippen molar-refractivity contribution in [2.24, 2.45) is 0 Å². The molecule has 1 fully saturated rings. The predicted octanol–water partition coefficient (Wildman–Crippen LogP) is 3.64. The van der Waals surface area contributed by atoms with Crippen molar-refractivity contribution in [3.8, 4) is 0 Å². The van der Waals surface area contributed by atoms with E-state index < -0.39 is 15.8 Å². The van der Waals surface area contributed by atoms with E-state index in [-0.39, 0.29) is 17.3 Å². The minimum absolute atomic E-state index is 0.00180. The molecule has 0 radical (unpaired) electrons. The molecule has 5 nitrogen and oxygen atoms in total. The molecule has 0 unspecified atom stereocenters. The summed E-state index contributed by atoms with van der Waals surface area (Å²) in [7, 11) is -3.70. The first-order valence-electron chi connectivity index (χ1n) is 9.22. The molecule has 0 aliphatic carbocycles. The molecule has 0 saturated carbocycles. The maximum absolute atomic E-state index is 13.1. The topological polar surface area (TPSA) is 57.7 Å². The molecule has 2 aromatic carbocycles. The average Bonchev–Trinajstić information content (AvgIpc) is 2.95. The average molecular weight is 457 g/mol. The van der Waals surface area contributed by atoms with Crippen LogP contribution < -0.4 is 0 Å². The van der Waals surface area contributed by atoms with Crippen LogP contribution in [0.5, 0.6) is 0 Å². The van der Waals surface area contributed by atoms with Gasteiger partial charge in [0.2, 0.25) is 15.9 Å². The van der Waals surface area contributed by atoms with Gasteiger partial charge in [-0.2, -0.15) is 4.31 Å². The first-order chi connectivity index (χ1) is 13.9. The Balaban J connectivity index is 1.53. The third-order valence-corrected chi connectivity index (χ3v) is 7.78. The summed E-state index contributed by atoms with van der Waals surface area (Å²) in [6.45, 7) is 1.42. The van der Waals surface area contributed by atoms with Crippen molar-refractivity contribution >= 4 is 39.3 Å². The van der Waals surface area contributed by atoms with Gasteiger partial charge in [-0.1, -0.05) is 23.7 Å². The van der Waals surface area contributed by atoms with Gasteiger partial charge in [0, 0.05) is 37.0 Å². The first-order valence-corrected chi connectivity index (χ1v) is 12.2. The molecule has 9 heteroatoms. The van der Waals surface area contributed by atoms with Gasteiger partial charge in [0.15, 0.2) is 0 Å². The molecule has 156 valence electrons. The van der Waals surface area contributed by atoms with Gasteiger partial charge in [-0.3, -0.25) is 4.79 Å². The SMILES string of the molecule is O=C(CSCc1cccc(Cl)c1)N1CCCN(S(=O)(=O)c2ccc(F)cc2)CC1. The minimum Gasteiger partial charge on any atom is -0.341 e. The molecule has 1 aliphatic rings. The van der Waals surface area contributed by atoms with E-state index in [4.69, 9.17) is 11.6 Å².